The molecule has 0 heterocycles. The molecule has 0 aliphatic rings. The molecule has 2 rings (SSSR count). The van der Waals surface area contributed by atoms with Gasteiger partial charge in [-0.1, -0.05) is 29.8 Å². The van der Waals surface area contributed by atoms with Gasteiger partial charge in [0.1, 0.15) is 11.4 Å². The van der Waals surface area contributed by atoms with Gasteiger partial charge in [-0.25, -0.2) is 4.79 Å². The van der Waals surface area contributed by atoms with Gasteiger partial charge in [-0.15, -0.1) is 0 Å². The zero-order chi connectivity index (χ0) is 20.0. The Balaban J connectivity index is 1.91. The van der Waals surface area contributed by atoms with Gasteiger partial charge in [0.2, 0.25) is 0 Å². The molecule has 0 fully saturated rings. The summed E-state index contributed by atoms with van der Waals surface area (Å²) in [6.45, 7) is 2.39. The molecule has 0 bridgehead atoms. The molecule has 0 unspecified atom stereocenters. The van der Waals surface area contributed by atoms with Crippen LogP contribution in [0.25, 0.3) is 0 Å². The van der Waals surface area contributed by atoms with Gasteiger partial charge in [-0.3, -0.25) is 14.9 Å². The van der Waals surface area contributed by atoms with Gasteiger partial charge in [0.05, 0.1) is 9.95 Å². The number of nitro benzene ring substituents is 1. The Labute approximate surface area is 160 Å². The van der Waals surface area contributed by atoms with E-state index in [0.29, 0.717) is 16.3 Å². The minimum atomic E-state index is -0.777. The number of amides is 1. The van der Waals surface area contributed by atoms with Crippen LogP contribution < -0.4 is 10.1 Å². The number of hydrogen-bond donors (Lipinski definition) is 1. The van der Waals surface area contributed by atoms with Crippen LogP contribution in [0.2, 0.25) is 5.02 Å². The van der Waals surface area contributed by atoms with Crippen molar-refractivity contribution in [1.82, 2.24) is 0 Å². The molecule has 2 aromatic rings. The van der Waals surface area contributed by atoms with Crippen LogP contribution in [-0.4, -0.2) is 30.0 Å². The first-order valence-corrected chi connectivity index (χ1v) is 8.24. The fourth-order valence-corrected chi connectivity index (χ4v) is 2.36. The predicted molar refractivity (Wildman–Crippen MR) is 99.1 cm³/mol. The molecule has 2 aromatic carbocycles. The average Bonchev–Trinajstić information content (AvgIpc) is 2.63. The Bertz CT molecular complexity index is 884. The number of nitrogens with one attached hydrogen (secondary N) is 1. The second-order valence-corrected chi connectivity index (χ2v) is 5.99. The maximum absolute atomic E-state index is 12.0. The number of anilines is 1. The second kappa shape index (κ2) is 9.00. The lowest BCUT2D eigenvalue weighted by molar-refractivity contribution is -0.384. The Morgan fingerprint density at radius 3 is 2.52 bits per heavy atom. The van der Waals surface area contributed by atoms with E-state index >= 15 is 0 Å². The number of para-hydroxylation sites is 1. The third-order valence-electron chi connectivity index (χ3n) is 3.72. The van der Waals surface area contributed by atoms with Crippen molar-refractivity contribution < 1.29 is 24.0 Å². The summed E-state index contributed by atoms with van der Waals surface area (Å²) in [6, 6.07) is 9.49. The Hall–Kier alpha value is -3.13. The van der Waals surface area contributed by atoms with Crippen molar-refractivity contribution in [2.45, 2.75) is 13.8 Å². The molecule has 0 aliphatic heterocycles. The molecule has 0 radical (unpaired) electrons. The highest BCUT2D eigenvalue weighted by molar-refractivity contribution is 6.32. The summed E-state index contributed by atoms with van der Waals surface area (Å²) in [4.78, 5) is 34.2. The summed E-state index contributed by atoms with van der Waals surface area (Å²) in [5, 5.41) is 13.9. The molecule has 0 saturated carbocycles. The standard InChI is InChI=1S/C18H17ClN2O6/c1-11-7-8-14(21(24)25)18(12(11)2)20-16(22)9-27-17(23)10-26-15-6-4-3-5-13(15)19/h3-8H,9-10H2,1-2H3,(H,20,22). The molecule has 27 heavy (non-hydrogen) atoms. The average molecular weight is 393 g/mol. The quantitative estimate of drug-likeness (QED) is 0.439. The molecule has 1 amide bonds. The third-order valence-corrected chi connectivity index (χ3v) is 4.03. The van der Waals surface area contributed by atoms with Crippen molar-refractivity contribution in [1.29, 1.82) is 0 Å². The molecule has 1 N–H and O–H groups in total. The third kappa shape index (κ3) is 5.42. The number of halogens is 1. The van der Waals surface area contributed by atoms with E-state index in [2.05, 4.69) is 5.32 Å². The number of nitrogens with zero attached hydrogens (tertiary/aromatic N) is 1. The van der Waals surface area contributed by atoms with E-state index < -0.39 is 30.0 Å². The lowest BCUT2D eigenvalue weighted by Gasteiger charge is -2.11. The van der Waals surface area contributed by atoms with E-state index in [1.54, 1.807) is 44.2 Å². The van der Waals surface area contributed by atoms with Gasteiger partial charge in [0.15, 0.2) is 13.2 Å². The van der Waals surface area contributed by atoms with Crippen molar-refractivity contribution in [3.05, 3.63) is 62.7 Å². The Kier molecular flexibility index (Phi) is 6.73. The van der Waals surface area contributed by atoms with Crippen LogP contribution >= 0.6 is 11.6 Å². The van der Waals surface area contributed by atoms with Crippen LogP contribution in [0.4, 0.5) is 11.4 Å². The fourth-order valence-electron chi connectivity index (χ4n) is 2.17. The van der Waals surface area contributed by atoms with Gasteiger partial charge < -0.3 is 14.8 Å². The summed E-state index contributed by atoms with van der Waals surface area (Å²) in [7, 11) is 0. The molecule has 142 valence electrons. The maximum Gasteiger partial charge on any atom is 0.344 e. The number of esters is 1. The van der Waals surface area contributed by atoms with E-state index in [1.165, 1.54) is 6.07 Å². The first kappa shape index (κ1) is 20.2. The van der Waals surface area contributed by atoms with Crippen LogP contribution in [0.1, 0.15) is 11.1 Å². The van der Waals surface area contributed by atoms with Gasteiger partial charge in [0, 0.05) is 6.07 Å². The van der Waals surface area contributed by atoms with E-state index in [4.69, 9.17) is 21.1 Å². The van der Waals surface area contributed by atoms with E-state index in [-0.39, 0.29) is 11.4 Å². The number of ether oxygens (including phenoxy) is 2. The second-order valence-electron chi connectivity index (χ2n) is 5.59. The predicted octanol–water partition coefficient (Wildman–Crippen LogP) is 3.43. The van der Waals surface area contributed by atoms with Crippen LogP contribution in [0.5, 0.6) is 5.75 Å². The summed E-state index contributed by atoms with van der Waals surface area (Å²) >= 11 is 5.90. The fraction of sp³-hybridized carbons (Fsp3) is 0.222. The van der Waals surface area contributed by atoms with Crippen LogP contribution in [-0.2, 0) is 14.3 Å². The summed E-state index contributed by atoms with van der Waals surface area (Å²) in [6.07, 6.45) is 0. The SMILES string of the molecule is Cc1ccc([N+](=O)[O-])c(NC(=O)COC(=O)COc2ccccc2Cl)c1C. The molecule has 0 saturated heterocycles. The van der Waals surface area contributed by atoms with Gasteiger partial charge in [0.25, 0.3) is 11.6 Å². The number of hydrogen-bond acceptors (Lipinski definition) is 6. The van der Waals surface area contributed by atoms with Crippen molar-refractivity contribution in [2.75, 3.05) is 18.5 Å². The topological polar surface area (TPSA) is 108 Å². The molecule has 0 aromatic heterocycles. The van der Waals surface area contributed by atoms with Crippen LogP contribution in [0.15, 0.2) is 36.4 Å². The monoisotopic (exact) mass is 392 g/mol. The molecular formula is C18H17ClN2O6. The number of carbonyl (C=O) groups excluding carboxylic acids is 2. The van der Waals surface area contributed by atoms with Gasteiger partial charge in [-0.05, 0) is 37.1 Å². The van der Waals surface area contributed by atoms with Gasteiger partial charge in [-0.2, -0.15) is 0 Å². The van der Waals surface area contributed by atoms with Crippen LogP contribution in [0.3, 0.4) is 0 Å². The Morgan fingerprint density at radius 2 is 1.85 bits per heavy atom. The molecule has 0 spiro atoms. The summed E-state index contributed by atoms with van der Waals surface area (Å²) in [5.41, 5.74) is 1.18. The van der Waals surface area contributed by atoms with E-state index in [9.17, 15) is 19.7 Å². The van der Waals surface area contributed by atoms with E-state index in [1.807, 2.05) is 0 Å². The van der Waals surface area contributed by atoms with Crippen molar-refractivity contribution in [2.24, 2.45) is 0 Å². The normalized spacial score (nSPS) is 10.2. The number of rotatable bonds is 7. The largest absolute Gasteiger partial charge is 0.480 e. The zero-order valence-corrected chi connectivity index (χ0v) is 15.4. The first-order valence-electron chi connectivity index (χ1n) is 7.87. The zero-order valence-electron chi connectivity index (χ0n) is 14.7. The maximum atomic E-state index is 12.0. The van der Waals surface area contributed by atoms with Crippen LogP contribution in [0, 0.1) is 24.0 Å². The highest BCUT2D eigenvalue weighted by Crippen LogP contribution is 2.30. The molecule has 0 aliphatic carbocycles. The minimum absolute atomic E-state index is 0.0772. The number of carbonyl (C=O) groups is 2. The smallest absolute Gasteiger partial charge is 0.344 e. The van der Waals surface area contributed by atoms with Crippen molar-refractivity contribution >= 4 is 34.9 Å². The highest BCUT2D eigenvalue weighted by Gasteiger charge is 2.20. The summed E-state index contributed by atoms with van der Waals surface area (Å²) < 4.78 is 10.0. The van der Waals surface area contributed by atoms with Gasteiger partial charge >= 0.3 is 5.97 Å². The lowest BCUT2D eigenvalue weighted by Crippen LogP contribution is -2.24. The first-order chi connectivity index (χ1) is 12.8. The molecule has 0 atom stereocenters. The highest BCUT2D eigenvalue weighted by atomic mass is 35.5. The molecule has 9 heteroatoms. The van der Waals surface area contributed by atoms with Crippen molar-refractivity contribution in [3.63, 3.8) is 0 Å². The molecular weight excluding hydrogens is 376 g/mol. The summed E-state index contributed by atoms with van der Waals surface area (Å²) in [5.74, 6) is -1.16. The van der Waals surface area contributed by atoms with Crippen molar-refractivity contribution in [3.8, 4) is 5.75 Å². The minimum Gasteiger partial charge on any atom is -0.480 e. The lowest BCUT2D eigenvalue weighted by atomic mass is 10.1. The molecule has 8 nitrogen and oxygen atoms in total. The number of nitro groups is 1. The Morgan fingerprint density at radius 1 is 1.15 bits per heavy atom. The van der Waals surface area contributed by atoms with E-state index in [0.717, 1.165) is 5.56 Å². The number of benzene rings is 2. The number of aryl methyl sites for hydroxylation is 1.